The van der Waals surface area contributed by atoms with Crippen molar-refractivity contribution in [3.63, 3.8) is 0 Å². The number of fused-ring (bicyclic) bond motifs is 1. The van der Waals surface area contributed by atoms with Gasteiger partial charge in [-0.1, -0.05) is 36.4 Å². The van der Waals surface area contributed by atoms with Crippen LogP contribution in [-0.2, 0) is 23.1 Å². The van der Waals surface area contributed by atoms with Gasteiger partial charge in [0, 0.05) is 36.6 Å². The number of aromatic nitrogens is 6. The second-order valence-electron chi connectivity index (χ2n) is 13.4. The summed E-state index contributed by atoms with van der Waals surface area (Å²) < 4.78 is 26.8. The monoisotopic (exact) mass is 747 g/mol. The first kappa shape index (κ1) is 36.2. The third-order valence-corrected chi connectivity index (χ3v) is 10.6. The summed E-state index contributed by atoms with van der Waals surface area (Å²) in [5.74, 6) is 0.694. The fourth-order valence-corrected chi connectivity index (χ4v) is 7.53. The Bertz CT molecular complexity index is 2180. The number of nitrogens with two attached hydrogens (primary N) is 1. The summed E-state index contributed by atoms with van der Waals surface area (Å²) in [7, 11) is -3.95. The number of aliphatic hydroxyl groups is 4. The number of carbonyl (C=O) groups excluding carboxylic acids is 1. The molecule has 1 saturated carbocycles. The van der Waals surface area contributed by atoms with Crippen molar-refractivity contribution in [2.24, 2.45) is 5.14 Å². The molecule has 19 heteroatoms. The van der Waals surface area contributed by atoms with Gasteiger partial charge in [-0.3, -0.25) is 4.68 Å². The van der Waals surface area contributed by atoms with Crippen LogP contribution in [0, 0.1) is 0 Å². The third kappa shape index (κ3) is 7.80. The predicted octanol–water partition coefficient (Wildman–Crippen LogP) is 0.486. The van der Waals surface area contributed by atoms with Gasteiger partial charge < -0.3 is 45.8 Å². The number of imidazole rings is 1. The molecule has 1 aliphatic carbocycles. The van der Waals surface area contributed by atoms with Gasteiger partial charge in [0.2, 0.25) is 16.0 Å². The van der Waals surface area contributed by atoms with E-state index in [0.717, 1.165) is 5.56 Å². The maximum atomic E-state index is 12.9. The van der Waals surface area contributed by atoms with Crippen LogP contribution in [0.4, 0.5) is 22.2 Å². The minimum atomic E-state index is -3.95. The molecule has 2 aliphatic rings. The fraction of sp³-hybridized carbons (Fsp3) is 0.382. The van der Waals surface area contributed by atoms with Gasteiger partial charge >= 0.3 is 6.03 Å². The summed E-state index contributed by atoms with van der Waals surface area (Å²) in [5, 5.41) is 60.7. The predicted molar refractivity (Wildman–Crippen MR) is 193 cm³/mol. The molecule has 53 heavy (non-hydrogen) atoms. The summed E-state index contributed by atoms with van der Waals surface area (Å²) in [6.07, 6.45) is 3.69. The van der Waals surface area contributed by atoms with Crippen LogP contribution in [0.5, 0.6) is 0 Å². The minimum Gasteiger partial charge on any atom is -0.394 e. The van der Waals surface area contributed by atoms with Crippen LogP contribution in [0.1, 0.15) is 36.1 Å². The van der Waals surface area contributed by atoms with E-state index in [2.05, 4.69) is 26.0 Å². The average molecular weight is 748 g/mol. The van der Waals surface area contributed by atoms with Crippen molar-refractivity contribution in [1.82, 2.24) is 34.6 Å². The molecule has 4 heterocycles. The number of primary sulfonamides is 1. The Labute approximate surface area is 304 Å². The van der Waals surface area contributed by atoms with Gasteiger partial charge in [-0.15, -0.1) is 0 Å². The van der Waals surface area contributed by atoms with Crippen molar-refractivity contribution in [1.29, 1.82) is 0 Å². The first-order valence-electron chi connectivity index (χ1n) is 17.1. The molecule has 0 bridgehead atoms. The number of rotatable bonds is 12. The van der Waals surface area contributed by atoms with Gasteiger partial charge in [-0.05, 0) is 43.0 Å². The maximum Gasteiger partial charge on any atom is 0.319 e. The number of nitrogens with zero attached hydrogens (tertiary/aromatic N) is 7. The molecular formula is C34H41N11O7S. The van der Waals surface area contributed by atoms with E-state index in [1.807, 2.05) is 35.2 Å². The van der Waals surface area contributed by atoms with Crippen LogP contribution in [0.15, 0.2) is 78.2 Å². The van der Waals surface area contributed by atoms with E-state index in [-0.39, 0.29) is 29.8 Å². The molecule has 1 aliphatic heterocycles. The number of carbonyl (C=O) groups is 1. The highest BCUT2D eigenvalue weighted by Crippen LogP contribution is 2.40. The molecule has 0 spiro atoms. The van der Waals surface area contributed by atoms with E-state index < -0.39 is 46.4 Å². The van der Waals surface area contributed by atoms with E-state index in [4.69, 9.17) is 15.1 Å². The van der Waals surface area contributed by atoms with Crippen molar-refractivity contribution in [2.75, 3.05) is 35.2 Å². The third-order valence-electron chi connectivity index (χ3n) is 9.68. The van der Waals surface area contributed by atoms with Crippen LogP contribution in [0.25, 0.3) is 11.2 Å². The summed E-state index contributed by atoms with van der Waals surface area (Å²) in [6, 6.07) is 12.9. The molecule has 280 valence electrons. The molecule has 9 N–H and O–H groups in total. The molecule has 18 nitrogen and oxygen atoms in total. The molecule has 0 radical (unpaired) electrons. The van der Waals surface area contributed by atoms with E-state index in [9.17, 15) is 33.6 Å². The van der Waals surface area contributed by atoms with Crippen LogP contribution >= 0.6 is 0 Å². The van der Waals surface area contributed by atoms with E-state index in [1.54, 1.807) is 27.8 Å². The SMILES string of the molecule is NS(=O)(=O)c1cccc(NC(=O)NC2CCN(c3nc(N[C@H](CO)Cc4ccccc4)c4ncn([C@@H]5C[C@H](n6cc(CO)cn6)[C@@H](O)[C@H]5O)c4n3)C2)c1. The van der Waals surface area contributed by atoms with Crippen molar-refractivity contribution in [2.45, 2.75) is 67.1 Å². The maximum absolute atomic E-state index is 12.9. The lowest BCUT2D eigenvalue weighted by atomic mass is 10.1. The number of hydrogen-bond acceptors (Lipinski definition) is 13. The lowest BCUT2D eigenvalue weighted by molar-refractivity contribution is 0.00720. The van der Waals surface area contributed by atoms with Crippen LogP contribution < -0.4 is 26.0 Å². The molecule has 1 unspecified atom stereocenters. The Hall–Kier alpha value is -5.18. The number of sulfonamides is 1. The van der Waals surface area contributed by atoms with Gasteiger partial charge in [-0.2, -0.15) is 15.1 Å². The number of anilines is 3. The topological polar surface area (TPSA) is 259 Å². The Kier molecular flexibility index (Phi) is 10.3. The molecule has 6 atom stereocenters. The smallest absolute Gasteiger partial charge is 0.319 e. The molecule has 2 amide bonds. The normalized spacial score (nSPS) is 22.3. The number of nitrogens with one attached hydrogen (secondary N) is 3. The van der Waals surface area contributed by atoms with E-state index in [1.165, 1.54) is 24.4 Å². The quantitative estimate of drug-likeness (QED) is 0.0866. The van der Waals surface area contributed by atoms with Crippen molar-refractivity contribution in [3.8, 4) is 0 Å². The standard InChI is InChI=1S/C34H41N11O7S/c35-53(51,52)25-8-4-7-22(12-25)39-34(50)40-23-9-10-43(16-23)33-41-31(38-24(18-47)11-20-5-2-1-3-6-20)28-32(42-33)44(19-36-28)26-13-27(30(49)29(26)48)45-15-21(17-46)14-37-45/h1-8,12,14-15,19,23-24,26-27,29-30,46-49H,9-11,13,16-18H2,(H2,35,51,52)(H,38,41,42)(H2,39,40,50)/t23?,24-,26+,27-,29-,30+/m0/s1. The molecule has 2 fully saturated rings. The second kappa shape index (κ2) is 15.0. The van der Waals surface area contributed by atoms with Crippen LogP contribution in [0.2, 0.25) is 0 Å². The van der Waals surface area contributed by atoms with Crippen molar-refractivity contribution in [3.05, 3.63) is 84.4 Å². The lowest BCUT2D eigenvalue weighted by Gasteiger charge is -2.22. The van der Waals surface area contributed by atoms with Gasteiger partial charge in [-0.25, -0.2) is 23.3 Å². The van der Waals surface area contributed by atoms with Crippen LogP contribution in [0.3, 0.4) is 0 Å². The molecule has 3 aromatic heterocycles. The molecule has 1 saturated heterocycles. The van der Waals surface area contributed by atoms with Gasteiger partial charge in [0.15, 0.2) is 17.0 Å². The fourth-order valence-electron chi connectivity index (χ4n) is 6.97. The highest BCUT2D eigenvalue weighted by Gasteiger charge is 2.44. The Morgan fingerprint density at radius 3 is 2.55 bits per heavy atom. The van der Waals surface area contributed by atoms with E-state index >= 15 is 0 Å². The zero-order chi connectivity index (χ0) is 37.3. The summed E-state index contributed by atoms with van der Waals surface area (Å²) in [4.78, 5) is 29.1. The number of hydrogen-bond donors (Lipinski definition) is 8. The number of benzene rings is 2. The summed E-state index contributed by atoms with van der Waals surface area (Å²) in [5.41, 5.74) is 2.65. The minimum absolute atomic E-state index is 0.127. The highest BCUT2D eigenvalue weighted by molar-refractivity contribution is 7.89. The van der Waals surface area contributed by atoms with Crippen LogP contribution in [-0.4, -0.2) is 108 Å². The van der Waals surface area contributed by atoms with E-state index in [0.29, 0.717) is 60.8 Å². The first-order chi connectivity index (χ1) is 25.5. The number of aliphatic hydroxyl groups excluding tert-OH is 4. The van der Waals surface area contributed by atoms with Gasteiger partial charge in [0.25, 0.3) is 0 Å². The number of amides is 2. The number of urea groups is 1. The van der Waals surface area contributed by atoms with Crippen molar-refractivity contribution >= 4 is 44.7 Å². The lowest BCUT2D eigenvalue weighted by Crippen LogP contribution is -2.40. The molecule has 7 rings (SSSR count). The molecule has 5 aromatic rings. The summed E-state index contributed by atoms with van der Waals surface area (Å²) in [6.45, 7) is 0.423. The highest BCUT2D eigenvalue weighted by atomic mass is 32.2. The zero-order valence-corrected chi connectivity index (χ0v) is 29.3. The largest absolute Gasteiger partial charge is 0.394 e. The zero-order valence-electron chi connectivity index (χ0n) is 28.5. The Morgan fingerprint density at radius 2 is 1.81 bits per heavy atom. The Balaban J connectivity index is 1.15. The van der Waals surface area contributed by atoms with Gasteiger partial charge in [0.1, 0.15) is 12.2 Å². The van der Waals surface area contributed by atoms with Gasteiger partial charge in [0.05, 0.1) is 48.8 Å². The Morgan fingerprint density at radius 1 is 1.02 bits per heavy atom. The summed E-state index contributed by atoms with van der Waals surface area (Å²) >= 11 is 0. The molecular weight excluding hydrogens is 707 g/mol. The first-order valence-corrected chi connectivity index (χ1v) is 18.7. The molecule has 2 aromatic carbocycles. The van der Waals surface area contributed by atoms with Crippen molar-refractivity contribution < 1.29 is 33.6 Å². The second-order valence-corrected chi connectivity index (χ2v) is 14.9. The average Bonchev–Trinajstić information content (AvgIpc) is 3.95.